The van der Waals surface area contributed by atoms with Crippen LogP contribution in [0.1, 0.15) is 13.3 Å². The van der Waals surface area contributed by atoms with E-state index in [1.807, 2.05) is 11.8 Å². The zero-order valence-corrected chi connectivity index (χ0v) is 8.27. The van der Waals surface area contributed by atoms with Gasteiger partial charge in [0.15, 0.2) is 0 Å². The molecule has 0 saturated carbocycles. The normalized spacial score (nSPS) is 38.5. The Labute approximate surface area is 73.0 Å². The molecule has 1 heterocycles. The number of rotatable bonds is 2. The van der Waals surface area contributed by atoms with E-state index in [1.54, 1.807) is 0 Å². The minimum absolute atomic E-state index is 0.0788. The van der Waals surface area contributed by atoms with Gasteiger partial charge in [-0.1, -0.05) is 6.92 Å². The van der Waals surface area contributed by atoms with Gasteiger partial charge in [-0.2, -0.15) is 11.8 Å². The Kier molecular flexibility index (Phi) is 3.22. The molecule has 1 aliphatic rings. The lowest BCUT2D eigenvalue weighted by Crippen LogP contribution is -2.22. The molecule has 1 aliphatic heterocycles. The Morgan fingerprint density at radius 2 is 2.18 bits per heavy atom. The molecule has 0 radical (unpaired) electrons. The van der Waals surface area contributed by atoms with Gasteiger partial charge in [-0.25, -0.2) is 0 Å². The number of thioether (sulfide) groups is 1. The molecule has 0 aromatic carbocycles. The molecule has 11 heavy (non-hydrogen) atoms. The second-order valence-electron chi connectivity index (χ2n) is 3.53. The van der Waals surface area contributed by atoms with Crippen molar-refractivity contribution in [1.29, 1.82) is 0 Å². The van der Waals surface area contributed by atoms with E-state index in [9.17, 15) is 5.11 Å². The van der Waals surface area contributed by atoms with E-state index in [2.05, 4.69) is 25.9 Å². The number of hydrogen-bond acceptors (Lipinski definition) is 3. The van der Waals surface area contributed by atoms with E-state index < -0.39 is 0 Å². The van der Waals surface area contributed by atoms with Crippen molar-refractivity contribution in [2.45, 2.75) is 29.9 Å². The molecule has 0 amide bonds. The number of hydrogen-bond donors (Lipinski definition) is 1. The van der Waals surface area contributed by atoms with Gasteiger partial charge in [0.05, 0.1) is 6.10 Å². The summed E-state index contributed by atoms with van der Waals surface area (Å²) in [5, 5.41) is 10.5. The zero-order chi connectivity index (χ0) is 8.43. The van der Waals surface area contributed by atoms with E-state index in [0.717, 1.165) is 13.0 Å². The summed E-state index contributed by atoms with van der Waals surface area (Å²) in [4.78, 5) is 2.18. The van der Waals surface area contributed by atoms with Crippen molar-refractivity contribution in [1.82, 2.24) is 4.90 Å². The van der Waals surface area contributed by atoms with Crippen molar-refractivity contribution in [3.05, 3.63) is 0 Å². The lowest BCUT2D eigenvalue weighted by Gasteiger charge is -2.14. The van der Waals surface area contributed by atoms with Crippen LogP contribution >= 0.6 is 11.8 Å². The van der Waals surface area contributed by atoms with Gasteiger partial charge in [-0.15, -0.1) is 0 Å². The summed E-state index contributed by atoms with van der Waals surface area (Å²) in [6.45, 7) is 3.19. The van der Waals surface area contributed by atoms with Crippen LogP contribution < -0.4 is 0 Å². The highest BCUT2D eigenvalue weighted by atomic mass is 32.2. The van der Waals surface area contributed by atoms with Crippen molar-refractivity contribution in [2.24, 2.45) is 0 Å². The Balaban J connectivity index is 2.29. The summed E-state index contributed by atoms with van der Waals surface area (Å²) in [5.74, 6) is 0. The zero-order valence-electron chi connectivity index (χ0n) is 7.45. The standard InChI is InChI=1S/C8H17NOS/c1-6-8(10)4-7(11-6)5-9(2)3/h6-8,10H,4-5H2,1-3H3/t6-,7-,8+/m0/s1. The molecule has 3 heteroatoms. The molecule has 0 spiro atoms. The predicted octanol–water partition coefficient (Wildman–Crippen LogP) is 0.803. The Morgan fingerprint density at radius 3 is 2.55 bits per heavy atom. The number of nitrogens with zero attached hydrogens (tertiary/aromatic N) is 1. The molecule has 1 saturated heterocycles. The SMILES string of the molecule is C[C@@H]1S[C@H](CN(C)C)C[C@H]1O. The lowest BCUT2D eigenvalue weighted by atomic mass is 10.1. The Hall–Kier alpha value is 0.270. The molecular weight excluding hydrogens is 158 g/mol. The third-order valence-electron chi connectivity index (χ3n) is 2.02. The molecule has 0 aromatic rings. The summed E-state index contributed by atoms with van der Waals surface area (Å²) in [7, 11) is 4.16. The molecule has 0 aliphatic carbocycles. The summed E-state index contributed by atoms with van der Waals surface area (Å²) in [6, 6.07) is 0. The molecule has 66 valence electrons. The van der Waals surface area contributed by atoms with E-state index in [1.165, 1.54) is 0 Å². The van der Waals surface area contributed by atoms with Crippen LogP contribution in [0.5, 0.6) is 0 Å². The first-order valence-electron chi connectivity index (χ1n) is 4.08. The van der Waals surface area contributed by atoms with E-state index in [4.69, 9.17) is 0 Å². The lowest BCUT2D eigenvalue weighted by molar-refractivity contribution is 0.171. The quantitative estimate of drug-likeness (QED) is 0.671. The molecule has 0 unspecified atom stereocenters. The van der Waals surface area contributed by atoms with Crippen LogP contribution in [0, 0.1) is 0 Å². The highest BCUT2D eigenvalue weighted by molar-refractivity contribution is 8.00. The van der Waals surface area contributed by atoms with Crippen LogP contribution in [-0.4, -0.2) is 47.3 Å². The van der Waals surface area contributed by atoms with Gasteiger partial charge in [-0.3, -0.25) is 0 Å². The third-order valence-corrected chi connectivity index (χ3v) is 3.49. The fraction of sp³-hybridized carbons (Fsp3) is 1.00. The maximum absolute atomic E-state index is 9.44. The molecule has 2 nitrogen and oxygen atoms in total. The summed E-state index contributed by atoms with van der Waals surface area (Å²) >= 11 is 1.91. The van der Waals surface area contributed by atoms with Crippen LogP contribution in [-0.2, 0) is 0 Å². The average Bonchev–Trinajstić information content (AvgIpc) is 2.10. The van der Waals surface area contributed by atoms with Crippen molar-refractivity contribution < 1.29 is 5.11 Å². The van der Waals surface area contributed by atoms with Crippen molar-refractivity contribution in [2.75, 3.05) is 20.6 Å². The Morgan fingerprint density at radius 1 is 1.55 bits per heavy atom. The van der Waals surface area contributed by atoms with Gasteiger partial charge in [0.1, 0.15) is 0 Å². The molecule has 0 bridgehead atoms. The third kappa shape index (κ3) is 2.65. The maximum atomic E-state index is 9.44. The highest BCUT2D eigenvalue weighted by Gasteiger charge is 2.30. The van der Waals surface area contributed by atoms with Crippen molar-refractivity contribution >= 4 is 11.8 Å². The number of aliphatic hydroxyl groups excluding tert-OH is 1. The Bertz CT molecular complexity index is 117. The molecule has 1 N–H and O–H groups in total. The van der Waals surface area contributed by atoms with Gasteiger partial charge in [0.2, 0.25) is 0 Å². The first-order valence-corrected chi connectivity index (χ1v) is 5.02. The second-order valence-corrected chi connectivity index (χ2v) is 5.21. The fourth-order valence-corrected chi connectivity index (χ4v) is 3.03. The van der Waals surface area contributed by atoms with E-state index in [-0.39, 0.29) is 6.10 Å². The van der Waals surface area contributed by atoms with Gasteiger partial charge in [0, 0.05) is 17.0 Å². The molecule has 1 fully saturated rings. The minimum Gasteiger partial charge on any atom is -0.392 e. The van der Waals surface area contributed by atoms with Gasteiger partial charge in [-0.05, 0) is 20.5 Å². The molecule has 0 aromatic heterocycles. The first kappa shape index (κ1) is 9.36. The van der Waals surface area contributed by atoms with Crippen molar-refractivity contribution in [3.63, 3.8) is 0 Å². The van der Waals surface area contributed by atoms with E-state index in [0.29, 0.717) is 10.5 Å². The van der Waals surface area contributed by atoms with Gasteiger partial charge in [0.25, 0.3) is 0 Å². The van der Waals surface area contributed by atoms with Gasteiger partial charge < -0.3 is 10.0 Å². The topological polar surface area (TPSA) is 23.5 Å². The highest BCUT2D eigenvalue weighted by Crippen LogP contribution is 2.33. The van der Waals surface area contributed by atoms with Crippen LogP contribution in [0.25, 0.3) is 0 Å². The number of aliphatic hydroxyl groups is 1. The van der Waals surface area contributed by atoms with Crippen molar-refractivity contribution in [3.8, 4) is 0 Å². The summed E-state index contributed by atoms with van der Waals surface area (Å²) in [5.41, 5.74) is 0. The fourth-order valence-electron chi connectivity index (χ4n) is 1.44. The average molecular weight is 175 g/mol. The minimum atomic E-state index is -0.0788. The molecule has 1 rings (SSSR count). The second kappa shape index (κ2) is 3.78. The van der Waals surface area contributed by atoms with Crippen LogP contribution in [0.2, 0.25) is 0 Å². The monoisotopic (exact) mass is 175 g/mol. The van der Waals surface area contributed by atoms with Crippen LogP contribution in [0.15, 0.2) is 0 Å². The largest absolute Gasteiger partial charge is 0.392 e. The summed E-state index contributed by atoms with van der Waals surface area (Å²) in [6.07, 6.45) is 0.884. The van der Waals surface area contributed by atoms with E-state index >= 15 is 0 Å². The maximum Gasteiger partial charge on any atom is 0.0667 e. The smallest absolute Gasteiger partial charge is 0.0667 e. The summed E-state index contributed by atoms with van der Waals surface area (Å²) < 4.78 is 0. The van der Waals surface area contributed by atoms with Crippen LogP contribution in [0.3, 0.4) is 0 Å². The predicted molar refractivity (Wildman–Crippen MR) is 50.0 cm³/mol. The van der Waals surface area contributed by atoms with Gasteiger partial charge >= 0.3 is 0 Å². The first-order chi connectivity index (χ1) is 5.09. The van der Waals surface area contributed by atoms with Crippen LogP contribution in [0.4, 0.5) is 0 Å². The molecule has 3 atom stereocenters. The molecular formula is C8H17NOS.